The first-order valence-corrected chi connectivity index (χ1v) is 12.3. The molecule has 0 unspecified atom stereocenters. The third-order valence-electron chi connectivity index (χ3n) is 6.36. The quantitative estimate of drug-likeness (QED) is 0.103. The van der Waals surface area contributed by atoms with Crippen LogP contribution in [-0.4, -0.2) is 17.2 Å². The molecule has 1 heterocycles. The van der Waals surface area contributed by atoms with Crippen LogP contribution >= 0.6 is 0 Å². The number of nitro groups is 1. The van der Waals surface area contributed by atoms with Gasteiger partial charge < -0.3 is 9.15 Å². The number of nitrogens with zero attached hydrogens (tertiary/aromatic N) is 2. The minimum absolute atomic E-state index is 0.00141. The number of hydrogen-bond donors (Lipinski definition) is 1. The Labute approximate surface area is 224 Å². The maximum Gasteiger partial charge on any atom is 0.340 e. The van der Waals surface area contributed by atoms with Gasteiger partial charge in [-0.1, -0.05) is 60.7 Å². The maximum atomic E-state index is 12.8. The number of aryl methyl sites for hydroxylation is 1. The lowest BCUT2D eigenvalue weighted by Gasteiger charge is -2.12. The molecular weight excluding hydrogens is 494 g/mol. The van der Waals surface area contributed by atoms with Gasteiger partial charge in [0.25, 0.3) is 5.69 Å². The molecule has 8 heteroatoms. The Kier molecular flexibility index (Phi) is 7.45. The second kappa shape index (κ2) is 11.4. The SMILES string of the molecule is Cc1c(Cc2ccccc2)c(=O)oc2cc(OC/C(=N\Nc3ccc([N+](=O)[O-])cc3)c3ccccc3)ccc12. The highest BCUT2D eigenvalue weighted by molar-refractivity contribution is 6.02. The molecule has 0 spiro atoms. The monoisotopic (exact) mass is 519 g/mol. The highest BCUT2D eigenvalue weighted by Crippen LogP contribution is 2.25. The van der Waals surface area contributed by atoms with E-state index in [1.54, 1.807) is 18.2 Å². The van der Waals surface area contributed by atoms with Crippen molar-refractivity contribution in [1.82, 2.24) is 0 Å². The third-order valence-corrected chi connectivity index (χ3v) is 6.36. The van der Waals surface area contributed by atoms with Crippen LogP contribution in [0.2, 0.25) is 0 Å². The van der Waals surface area contributed by atoms with Crippen LogP contribution < -0.4 is 15.8 Å². The topological polar surface area (TPSA) is 107 Å². The molecule has 0 atom stereocenters. The molecule has 194 valence electrons. The van der Waals surface area contributed by atoms with Crippen molar-refractivity contribution in [3.63, 3.8) is 0 Å². The van der Waals surface area contributed by atoms with Crippen molar-refractivity contribution in [2.45, 2.75) is 13.3 Å². The summed E-state index contributed by atoms with van der Waals surface area (Å²) in [5.74, 6) is 0.528. The average molecular weight is 520 g/mol. The van der Waals surface area contributed by atoms with Gasteiger partial charge in [-0.05, 0) is 42.3 Å². The number of anilines is 1. The highest BCUT2D eigenvalue weighted by atomic mass is 16.6. The van der Waals surface area contributed by atoms with E-state index in [1.807, 2.05) is 79.7 Å². The van der Waals surface area contributed by atoms with Gasteiger partial charge in [-0.2, -0.15) is 5.10 Å². The fraction of sp³-hybridized carbons (Fsp3) is 0.0968. The Morgan fingerprint density at radius 1 is 0.949 bits per heavy atom. The molecule has 0 fully saturated rings. The molecule has 0 saturated carbocycles. The summed E-state index contributed by atoms with van der Waals surface area (Å²) >= 11 is 0. The zero-order valence-corrected chi connectivity index (χ0v) is 21.2. The van der Waals surface area contributed by atoms with E-state index in [0.29, 0.717) is 34.7 Å². The van der Waals surface area contributed by atoms with E-state index in [9.17, 15) is 14.9 Å². The Morgan fingerprint density at radius 2 is 1.64 bits per heavy atom. The normalized spacial score (nSPS) is 11.4. The summed E-state index contributed by atoms with van der Waals surface area (Å²) < 4.78 is 11.7. The van der Waals surface area contributed by atoms with E-state index in [2.05, 4.69) is 10.5 Å². The molecule has 0 aliphatic rings. The number of benzene rings is 4. The van der Waals surface area contributed by atoms with Crippen LogP contribution in [-0.2, 0) is 6.42 Å². The first-order chi connectivity index (χ1) is 19.0. The van der Waals surface area contributed by atoms with Crippen molar-refractivity contribution < 1.29 is 14.1 Å². The molecule has 0 amide bonds. The predicted octanol–water partition coefficient (Wildman–Crippen LogP) is 6.50. The number of non-ortho nitro benzene ring substituents is 1. The van der Waals surface area contributed by atoms with Gasteiger partial charge in [-0.25, -0.2) is 4.79 Å². The number of ether oxygens (including phenoxy) is 1. The van der Waals surface area contributed by atoms with Crippen molar-refractivity contribution in [2.75, 3.05) is 12.0 Å². The zero-order chi connectivity index (χ0) is 27.2. The maximum absolute atomic E-state index is 12.8. The van der Waals surface area contributed by atoms with Crippen LogP contribution in [0.1, 0.15) is 22.3 Å². The molecule has 4 aromatic carbocycles. The standard InChI is InChI=1S/C31H25N3O5/c1-21-27-17-16-26(19-30(27)39-31(35)28(21)18-22-8-4-2-5-9-22)38-20-29(23-10-6-3-7-11-23)33-32-24-12-14-25(15-13-24)34(36)37/h2-17,19,32H,18,20H2,1H3/b33-29+. The summed E-state index contributed by atoms with van der Waals surface area (Å²) in [6.07, 6.45) is 0.502. The number of hydrogen-bond acceptors (Lipinski definition) is 7. The van der Waals surface area contributed by atoms with Crippen molar-refractivity contribution in [3.05, 3.63) is 146 Å². The van der Waals surface area contributed by atoms with E-state index in [0.717, 1.165) is 22.1 Å². The Morgan fingerprint density at radius 3 is 2.33 bits per heavy atom. The second-order valence-electron chi connectivity index (χ2n) is 8.94. The van der Waals surface area contributed by atoms with Crippen molar-refractivity contribution in [3.8, 4) is 5.75 Å². The molecular formula is C31H25N3O5. The summed E-state index contributed by atoms with van der Waals surface area (Å²) in [5, 5.41) is 16.3. The van der Waals surface area contributed by atoms with Crippen LogP contribution in [0.4, 0.5) is 11.4 Å². The first kappa shape index (κ1) is 25.4. The van der Waals surface area contributed by atoms with E-state index < -0.39 is 4.92 Å². The molecule has 39 heavy (non-hydrogen) atoms. The van der Waals surface area contributed by atoms with Gasteiger partial charge >= 0.3 is 5.63 Å². The van der Waals surface area contributed by atoms with Crippen LogP contribution in [0.3, 0.4) is 0 Å². The summed E-state index contributed by atoms with van der Waals surface area (Å²) in [7, 11) is 0. The molecule has 5 aromatic rings. The lowest BCUT2D eigenvalue weighted by Crippen LogP contribution is -2.15. The van der Waals surface area contributed by atoms with E-state index >= 15 is 0 Å². The minimum Gasteiger partial charge on any atom is -0.487 e. The molecule has 8 nitrogen and oxygen atoms in total. The van der Waals surface area contributed by atoms with Crippen molar-refractivity contribution in [1.29, 1.82) is 0 Å². The lowest BCUT2D eigenvalue weighted by molar-refractivity contribution is -0.384. The smallest absolute Gasteiger partial charge is 0.340 e. The Bertz CT molecular complexity index is 1700. The lowest BCUT2D eigenvalue weighted by atomic mass is 10.00. The third kappa shape index (κ3) is 6.02. The predicted molar refractivity (Wildman–Crippen MR) is 152 cm³/mol. The average Bonchev–Trinajstić information content (AvgIpc) is 2.96. The van der Waals surface area contributed by atoms with Crippen molar-refractivity contribution >= 4 is 28.1 Å². The summed E-state index contributed by atoms with van der Waals surface area (Å²) in [6.45, 7) is 2.06. The number of rotatable bonds is 9. The van der Waals surface area contributed by atoms with Gasteiger partial charge in [0.05, 0.1) is 10.6 Å². The van der Waals surface area contributed by atoms with Crippen LogP contribution in [0.5, 0.6) is 5.75 Å². The molecule has 0 aliphatic carbocycles. The van der Waals surface area contributed by atoms with Crippen molar-refractivity contribution in [2.24, 2.45) is 5.10 Å². The molecule has 0 radical (unpaired) electrons. The number of nitro benzene ring substituents is 1. The molecule has 0 aliphatic heterocycles. The van der Waals surface area contributed by atoms with Gasteiger partial charge in [-0.15, -0.1) is 0 Å². The summed E-state index contributed by atoms with van der Waals surface area (Å²) in [4.78, 5) is 23.3. The van der Waals surface area contributed by atoms with Gasteiger partial charge in [0.1, 0.15) is 23.7 Å². The molecule has 5 rings (SSSR count). The largest absolute Gasteiger partial charge is 0.487 e. The van der Waals surface area contributed by atoms with Gasteiger partial charge in [0.15, 0.2) is 0 Å². The van der Waals surface area contributed by atoms with E-state index in [-0.39, 0.29) is 17.9 Å². The summed E-state index contributed by atoms with van der Waals surface area (Å²) in [6, 6.07) is 30.8. The highest BCUT2D eigenvalue weighted by Gasteiger charge is 2.14. The van der Waals surface area contributed by atoms with Gasteiger partial charge in [0, 0.05) is 41.1 Å². The van der Waals surface area contributed by atoms with Gasteiger partial charge in [-0.3, -0.25) is 15.5 Å². The number of fused-ring (bicyclic) bond motifs is 1. The van der Waals surface area contributed by atoms with Crippen LogP contribution in [0, 0.1) is 17.0 Å². The van der Waals surface area contributed by atoms with Crippen LogP contribution in [0.15, 0.2) is 117 Å². The second-order valence-corrected chi connectivity index (χ2v) is 8.94. The summed E-state index contributed by atoms with van der Waals surface area (Å²) in [5.41, 5.74) is 7.66. The van der Waals surface area contributed by atoms with E-state index in [4.69, 9.17) is 9.15 Å². The molecule has 0 saturated heterocycles. The molecule has 1 N–H and O–H groups in total. The zero-order valence-electron chi connectivity index (χ0n) is 21.2. The molecule has 0 bridgehead atoms. The fourth-order valence-corrected chi connectivity index (χ4v) is 4.22. The van der Waals surface area contributed by atoms with Crippen LogP contribution in [0.25, 0.3) is 11.0 Å². The minimum atomic E-state index is -0.451. The Balaban J connectivity index is 1.37. The van der Waals surface area contributed by atoms with Gasteiger partial charge in [0.2, 0.25) is 0 Å². The first-order valence-electron chi connectivity index (χ1n) is 12.3. The fourth-order valence-electron chi connectivity index (χ4n) is 4.22. The Hall–Kier alpha value is -5.24. The number of nitrogens with one attached hydrogen (secondary N) is 1. The van der Waals surface area contributed by atoms with E-state index in [1.165, 1.54) is 12.1 Å². The number of hydrazone groups is 1. The molecule has 1 aromatic heterocycles.